The molecule has 1 aromatic heterocycles. The zero-order valence-electron chi connectivity index (χ0n) is 10.6. The Morgan fingerprint density at radius 3 is 3.00 bits per heavy atom. The average Bonchev–Trinajstić information content (AvgIpc) is 2.94. The van der Waals surface area contributed by atoms with Crippen molar-refractivity contribution in [3.05, 3.63) is 18.0 Å². The van der Waals surface area contributed by atoms with Gasteiger partial charge in [-0.2, -0.15) is 5.10 Å². The van der Waals surface area contributed by atoms with Crippen molar-refractivity contribution in [1.29, 1.82) is 0 Å². The molecule has 0 bridgehead atoms. The van der Waals surface area contributed by atoms with E-state index in [1.807, 2.05) is 10.9 Å². The van der Waals surface area contributed by atoms with Gasteiger partial charge < -0.3 is 4.74 Å². The summed E-state index contributed by atoms with van der Waals surface area (Å²) < 4.78 is 7.78. The van der Waals surface area contributed by atoms with Crippen molar-refractivity contribution in [2.75, 3.05) is 0 Å². The summed E-state index contributed by atoms with van der Waals surface area (Å²) in [6, 6.07) is 0.175. The van der Waals surface area contributed by atoms with Crippen molar-refractivity contribution in [2.24, 2.45) is 5.84 Å². The summed E-state index contributed by atoms with van der Waals surface area (Å²) >= 11 is 0. The Balaban J connectivity index is 1.95. The predicted molar refractivity (Wildman–Crippen MR) is 66.3 cm³/mol. The summed E-state index contributed by atoms with van der Waals surface area (Å²) in [6.07, 6.45) is 7.63. The number of aromatic nitrogens is 2. The maximum atomic E-state index is 5.85. The molecule has 1 aliphatic rings. The molecular weight excluding hydrogens is 216 g/mol. The standard InChI is InChI=1S/C12H22N4O/c1-3-16-8-10(7-14-16)6-11(15-13)12-5-4-9(2)17-12/h7-9,11-12,15H,3-6,13H2,1-2H3. The third-order valence-electron chi connectivity index (χ3n) is 3.39. The molecule has 1 aromatic rings. The molecule has 2 rings (SSSR count). The molecule has 2 heterocycles. The van der Waals surface area contributed by atoms with E-state index in [9.17, 15) is 0 Å². The predicted octanol–water partition coefficient (Wildman–Crippen LogP) is 0.845. The van der Waals surface area contributed by atoms with Gasteiger partial charge in [0.05, 0.1) is 24.4 Å². The van der Waals surface area contributed by atoms with Crippen LogP contribution in [-0.2, 0) is 17.7 Å². The Bertz CT molecular complexity index is 352. The Morgan fingerprint density at radius 1 is 1.65 bits per heavy atom. The molecule has 3 unspecified atom stereocenters. The van der Waals surface area contributed by atoms with E-state index in [4.69, 9.17) is 10.6 Å². The quantitative estimate of drug-likeness (QED) is 0.589. The molecule has 3 N–H and O–H groups in total. The highest BCUT2D eigenvalue weighted by Gasteiger charge is 2.29. The van der Waals surface area contributed by atoms with E-state index in [0.717, 1.165) is 25.8 Å². The first kappa shape index (κ1) is 12.5. The number of nitrogens with zero attached hydrogens (tertiary/aromatic N) is 2. The van der Waals surface area contributed by atoms with Gasteiger partial charge in [-0.1, -0.05) is 0 Å². The molecule has 3 atom stereocenters. The minimum Gasteiger partial charge on any atom is -0.374 e. The highest BCUT2D eigenvalue weighted by atomic mass is 16.5. The normalized spacial score (nSPS) is 26.3. The van der Waals surface area contributed by atoms with Crippen molar-refractivity contribution in [3.8, 4) is 0 Å². The maximum Gasteiger partial charge on any atom is 0.0749 e. The van der Waals surface area contributed by atoms with Crippen LogP contribution in [0.3, 0.4) is 0 Å². The van der Waals surface area contributed by atoms with Gasteiger partial charge in [0.1, 0.15) is 0 Å². The van der Waals surface area contributed by atoms with Crippen LogP contribution in [0.25, 0.3) is 0 Å². The molecule has 1 saturated heterocycles. The Hall–Kier alpha value is -0.910. The number of rotatable bonds is 5. The largest absolute Gasteiger partial charge is 0.374 e. The van der Waals surface area contributed by atoms with Crippen LogP contribution in [0.5, 0.6) is 0 Å². The number of hydrogen-bond acceptors (Lipinski definition) is 4. The van der Waals surface area contributed by atoms with Gasteiger partial charge in [0.2, 0.25) is 0 Å². The smallest absolute Gasteiger partial charge is 0.0749 e. The fraction of sp³-hybridized carbons (Fsp3) is 0.750. The first-order valence-corrected chi connectivity index (χ1v) is 6.35. The van der Waals surface area contributed by atoms with E-state index in [2.05, 4.69) is 30.6 Å². The highest BCUT2D eigenvalue weighted by molar-refractivity contribution is 5.07. The molecule has 0 saturated carbocycles. The summed E-state index contributed by atoms with van der Waals surface area (Å²) in [5, 5.41) is 4.27. The second-order valence-corrected chi connectivity index (χ2v) is 4.74. The lowest BCUT2D eigenvalue weighted by Gasteiger charge is -2.22. The van der Waals surface area contributed by atoms with Crippen LogP contribution in [0, 0.1) is 0 Å². The highest BCUT2D eigenvalue weighted by Crippen LogP contribution is 2.23. The van der Waals surface area contributed by atoms with Crippen molar-refractivity contribution in [3.63, 3.8) is 0 Å². The molecule has 0 radical (unpaired) electrons. The lowest BCUT2D eigenvalue weighted by molar-refractivity contribution is 0.0320. The van der Waals surface area contributed by atoms with Crippen molar-refractivity contribution in [1.82, 2.24) is 15.2 Å². The molecule has 0 amide bonds. The van der Waals surface area contributed by atoms with Crippen molar-refractivity contribution < 1.29 is 4.74 Å². The van der Waals surface area contributed by atoms with Crippen LogP contribution >= 0.6 is 0 Å². The Labute approximate surface area is 102 Å². The van der Waals surface area contributed by atoms with Crippen LogP contribution in [0.1, 0.15) is 32.3 Å². The molecule has 5 heteroatoms. The summed E-state index contributed by atoms with van der Waals surface area (Å²) in [5.74, 6) is 5.63. The third kappa shape index (κ3) is 3.06. The number of nitrogens with two attached hydrogens (primary N) is 1. The first-order valence-electron chi connectivity index (χ1n) is 6.35. The fourth-order valence-corrected chi connectivity index (χ4v) is 2.37. The average molecular weight is 238 g/mol. The minimum atomic E-state index is 0.175. The van der Waals surface area contributed by atoms with Gasteiger partial charge in [-0.3, -0.25) is 16.0 Å². The Kier molecular flexibility index (Phi) is 4.15. The number of aryl methyl sites for hydroxylation is 1. The van der Waals surface area contributed by atoms with Gasteiger partial charge in [0.15, 0.2) is 0 Å². The van der Waals surface area contributed by atoms with E-state index in [1.54, 1.807) is 0 Å². The zero-order valence-corrected chi connectivity index (χ0v) is 10.6. The van der Waals surface area contributed by atoms with Gasteiger partial charge >= 0.3 is 0 Å². The SMILES string of the molecule is CCn1cc(CC(NN)C2CCC(C)O2)cn1. The summed E-state index contributed by atoms with van der Waals surface area (Å²) in [6.45, 7) is 5.09. The third-order valence-corrected chi connectivity index (χ3v) is 3.39. The second-order valence-electron chi connectivity index (χ2n) is 4.74. The minimum absolute atomic E-state index is 0.175. The maximum absolute atomic E-state index is 5.85. The van der Waals surface area contributed by atoms with Crippen LogP contribution in [0.15, 0.2) is 12.4 Å². The number of ether oxygens (including phenoxy) is 1. The number of hydrogen-bond donors (Lipinski definition) is 2. The Morgan fingerprint density at radius 2 is 2.47 bits per heavy atom. The van der Waals surface area contributed by atoms with Crippen LogP contribution in [0.2, 0.25) is 0 Å². The molecule has 0 spiro atoms. The topological polar surface area (TPSA) is 65.1 Å². The van der Waals surface area contributed by atoms with Gasteiger partial charge in [0, 0.05) is 12.7 Å². The van der Waals surface area contributed by atoms with Crippen LogP contribution < -0.4 is 11.3 Å². The van der Waals surface area contributed by atoms with Gasteiger partial charge in [-0.15, -0.1) is 0 Å². The van der Waals surface area contributed by atoms with Crippen LogP contribution in [-0.4, -0.2) is 28.0 Å². The molecule has 5 nitrogen and oxygen atoms in total. The number of nitrogens with one attached hydrogen (secondary N) is 1. The van der Waals surface area contributed by atoms with E-state index in [-0.39, 0.29) is 12.1 Å². The fourth-order valence-electron chi connectivity index (χ4n) is 2.37. The lowest BCUT2D eigenvalue weighted by Crippen LogP contribution is -2.45. The number of hydrazine groups is 1. The molecule has 1 aliphatic heterocycles. The second kappa shape index (κ2) is 5.62. The van der Waals surface area contributed by atoms with Crippen LogP contribution in [0.4, 0.5) is 0 Å². The zero-order chi connectivity index (χ0) is 12.3. The molecule has 17 heavy (non-hydrogen) atoms. The molecule has 1 fully saturated rings. The first-order chi connectivity index (χ1) is 8.22. The van der Waals surface area contributed by atoms with Gasteiger partial charge in [-0.05, 0) is 38.7 Å². The monoisotopic (exact) mass is 238 g/mol. The van der Waals surface area contributed by atoms with E-state index < -0.39 is 0 Å². The molecule has 0 aromatic carbocycles. The summed E-state index contributed by atoms with van der Waals surface area (Å²) in [5.41, 5.74) is 4.08. The molecule has 0 aliphatic carbocycles. The van der Waals surface area contributed by atoms with E-state index in [0.29, 0.717) is 6.10 Å². The van der Waals surface area contributed by atoms with Gasteiger partial charge in [-0.25, -0.2) is 0 Å². The summed E-state index contributed by atoms with van der Waals surface area (Å²) in [4.78, 5) is 0. The van der Waals surface area contributed by atoms with Crippen molar-refractivity contribution >= 4 is 0 Å². The lowest BCUT2D eigenvalue weighted by atomic mass is 10.0. The van der Waals surface area contributed by atoms with E-state index >= 15 is 0 Å². The molecular formula is C12H22N4O. The summed E-state index contributed by atoms with van der Waals surface area (Å²) in [7, 11) is 0. The van der Waals surface area contributed by atoms with E-state index in [1.165, 1.54) is 5.56 Å². The van der Waals surface area contributed by atoms with Gasteiger partial charge in [0.25, 0.3) is 0 Å². The molecule has 96 valence electrons. The van der Waals surface area contributed by atoms with Crippen molar-refractivity contribution in [2.45, 2.75) is 57.9 Å².